The first-order valence-corrected chi connectivity index (χ1v) is 35.1. The molecule has 0 radical (unpaired) electrons. The van der Waals surface area contributed by atoms with Gasteiger partial charge >= 0.3 is 0 Å². The van der Waals surface area contributed by atoms with Crippen LogP contribution in [-0.2, 0) is 0 Å². The molecule has 0 N–H and O–H groups in total. The lowest BCUT2D eigenvalue weighted by atomic mass is 9.93. The minimum Gasteiger partial charge on any atom is -0.310 e. The first-order chi connectivity index (χ1) is 48.3. The van der Waals surface area contributed by atoms with Gasteiger partial charge in [0.05, 0.1) is 5.69 Å². The number of hydrogen-bond donors (Lipinski definition) is 0. The van der Waals surface area contributed by atoms with Gasteiger partial charge in [0.15, 0.2) is 0 Å². The third-order valence-corrected chi connectivity index (χ3v) is 19.6. The van der Waals surface area contributed by atoms with Crippen LogP contribution in [0.4, 0.5) is 51.2 Å². The van der Waals surface area contributed by atoms with Gasteiger partial charge in [0, 0.05) is 64.3 Å². The minimum absolute atomic E-state index is 1.10. The largest absolute Gasteiger partial charge is 0.310 e. The molecule has 3 nitrogen and oxygen atoms in total. The highest BCUT2D eigenvalue weighted by Gasteiger charge is 2.20. The number of fused-ring (bicyclic) bond motifs is 5. The van der Waals surface area contributed by atoms with Crippen molar-refractivity contribution in [3.63, 3.8) is 0 Å². The summed E-state index contributed by atoms with van der Waals surface area (Å²) in [5.41, 5.74) is 17.7. The van der Waals surface area contributed by atoms with Crippen molar-refractivity contribution in [3.8, 4) is 33.4 Å². The number of benzene rings is 17. The molecular formula is C92H64Br3N3. The average molecular weight is 1450 g/mol. The normalized spacial score (nSPS) is 11.0. The quantitative estimate of drug-likeness (QED) is 0.121. The summed E-state index contributed by atoms with van der Waals surface area (Å²) >= 11 is 10.8. The summed E-state index contributed by atoms with van der Waals surface area (Å²) in [6, 6.07) is 138. The van der Waals surface area contributed by atoms with E-state index in [1.807, 2.05) is 0 Å². The molecule has 468 valence electrons. The Labute approximate surface area is 597 Å². The molecule has 0 saturated heterocycles. The molecule has 0 aromatic heterocycles. The zero-order valence-corrected chi connectivity index (χ0v) is 58.2. The van der Waals surface area contributed by atoms with Gasteiger partial charge in [0.2, 0.25) is 0 Å². The molecule has 0 aliphatic heterocycles. The van der Waals surface area contributed by atoms with E-state index in [-0.39, 0.29) is 0 Å². The van der Waals surface area contributed by atoms with E-state index >= 15 is 0 Å². The maximum atomic E-state index is 3.73. The van der Waals surface area contributed by atoms with Crippen molar-refractivity contribution in [1.29, 1.82) is 0 Å². The predicted octanol–water partition coefficient (Wildman–Crippen LogP) is 28.5. The van der Waals surface area contributed by atoms with Crippen molar-refractivity contribution in [2.24, 2.45) is 0 Å². The summed E-state index contributed by atoms with van der Waals surface area (Å²) in [5, 5.41) is 12.3. The summed E-state index contributed by atoms with van der Waals surface area (Å²) in [4.78, 5) is 6.93. The lowest BCUT2D eigenvalue weighted by Gasteiger charge is -2.27. The van der Waals surface area contributed by atoms with Crippen LogP contribution in [0.3, 0.4) is 0 Å². The average Bonchev–Trinajstić information content (AvgIpc) is 0.758. The highest BCUT2D eigenvalue weighted by atomic mass is 79.9. The van der Waals surface area contributed by atoms with E-state index in [1.54, 1.807) is 0 Å². The van der Waals surface area contributed by atoms with Crippen molar-refractivity contribution >= 4 is 153 Å². The zero-order chi connectivity index (χ0) is 66.2. The van der Waals surface area contributed by atoms with Crippen LogP contribution in [-0.4, -0.2) is 0 Å². The molecule has 0 saturated carbocycles. The van der Waals surface area contributed by atoms with Crippen molar-refractivity contribution < 1.29 is 0 Å². The van der Waals surface area contributed by atoms with Crippen LogP contribution in [0.5, 0.6) is 0 Å². The minimum atomic E-state index is 1.10. The monoisotopic (exact) mass is 1450 g/mol. The van der Waals surface area contributed by atoms with Crippen LogP contribution < -0.4 is 14.7 Å². The highest BCUT2D eigenvalue weighted by molar-refractivity contribution is 9.11. The lowest BCUT2D eigenvalue weighted by Crippen LogP contribution is -2.10. The second-order valence-electron chi connectivity index (χ2n) is 24.0. The number of para-hydroxylation sites is 6. The Morgan fingerprint density at radius 1 is 0.173 bits per heavy atom. The van der Waals surface area contributed by atoms with E-state index in [2.05, 4.69) is 451 Å². The van der Waals surface area contributed by atoms with Crippen LogP contribution >= 0.6 is 47.8 Å². The molecule has 17 aromatic carbocycles. The van der Waals surface area contributed by atoms with E-state index in [4.69, 9.17) is 0 Å². The fourth-order valence-corrected chi connectivity index (χ4v) is 14.3. The van der Waals surface area contributed by atoms with Gasteiger partial charge in [-0.05, 0) is 234 Å². The van der Waals surface area contributed by atoms with Gasteiger partial charge in [-0.2, -0.15) is 0 Å². The van der Waals surface area contributed by atoms with Gasteiger partial charge in [0.25, 0.3) is 0 Å². The van der Waals surface area contributed by atoms with Gasteiger partial charge in [0.1, 0.15) is 0 Å². The van der Waals surface area contributed by atoms with Gasteiger partial charge in [-0.1, -0.05) is 284 Å². The molecule has 0 bridgehead atoms. The topological polar surface area (TPSA) is 9.72 Å². The van der Waals surface area contributed by atoms with Crippen molar-refractivity contribution in [1.82, 2.24) is 0 Å². The number of halogens is 3. The van der Waals surface area contributed by atoms with E-state index in [0.717, 1.165) is 64.6 Å². The molecule has 0 atom stereocenters. The number of nitrogens with zero attached hydrogens (tertiary/aromatic N) is 3. The Morgan fingerprint density at radius 2 is 0.469 bits per heavy atom. The van der Waals surface area contributed by atoms with Gasteiger partial charge in [-0.3, -0.25) is 0 Å². The van der Waals surface area contributed by atoms with Gasteiger partial charge < -0.3 is 14.7 Å². The fraction of sp³-hybridized carbons (Fsp3) is 0. The van der Waals surface area contributed by atoms with Crippen LogP contribution in [0.15, 0.2) is 402 Å². The van der Waals surface area contributed by atoms with Crippen LogP contribution in [0.25, 0.3) is 87.2 Å². The summed E-state index contributed by atoms with van der Waals surface area (Å²) in [6.07, 6.45) is 0. The molecule has 98 heavy (non-hydrogen) atoms. The summed E-state index contributed by atoms with van der Waals surface area (Å²) < 4.78 is 3.32. The van der Waals surface area contributed by atoms with E-state index in [0.29, 0.717) is 0 Å². The van der Waals surface area contributed by atoms with E-state index in [1.165, 1.54) is 87.2 Å². The maximum absolute atomic E-state index is 3.73. The van der Waals surface area contributed by atoms with Crippen molar-refractivity contribution in [2.75, 3.05) is 14.7 Å². The van der Waals surface area contributed by atoms with Crippen LogP contribution in [0.2, 0.25) is 0 Å². The van der Waals surface area contributed by atoms with E-state index in [9.17, 15) is 0 Å². The van der Waals surface area contributed by atoms with E-state index < -0.39 is 0 Å². The predicted molar refractivity (Wildman–Crippen MR) is 430 cm³/mol. The molecule has 0 aliphatic carbocycles. The molecule has 0 amide bonds. The second kappa shape index (κ2) is 29.1. The smallest absolute Gasteiger partial charge is 0.0540 e. The van der Waals surface area contributed by atoms with Crippen LogP contribution in [0.1, 0.15) is 0 Å². The summed E-state index contributed by atoms with van der Waals surface area (Å²) in [7, 11) is 0. The Hall–Kier alpha value is -11.1. The molecule has 0 fully saturated rings. The molecule has 0 spiro atoms. The second-order valence-corrected chi connectivity index (χ2v) is 26.7. The summed E-state index contributed by atoms with van der Waals surface area (Å²) in [5.74, 6) is 0. The standard InChI is InChI=1S/2C32H22BrN.C28H20BrN/c33-31-21-19-27(25-15-7-9-17-29(25)31)28-20-22-32(30-18-10-8-16-26(28)30)34(23-11-3-1-4-12-23)24-13-5-2-6-14-24;33-29-17-15-25-19-23(11-13-27(25)21-29)24-12-14-28-22-32(18-16-26(28)20-24)34(30-7-3-1-4-8-30)31-9-5-2-6-10-31;29-25-16-13-21(14-17-25)22-11-12-24-20-28(18-15-23(24)19-22)30(26-7-3-1-4-8-26)27-9-5-2-6-10-27/h2*1-22H;1-20H. The number of rotatable bonds is 12. The van der Waals surface area contributed by atoms with Crippen molar-refractivity contribution in [2.45, 2.75) is 0 Å². The Bertz CT molecular complexity index is 5490. The maximum Gasteiger partial charge on any atom is 0.0540 e. The van der Waals surface area contributed by atoms with Gasteiger partial charge in [-0.15, -0.1) is 0 Å². The highest BCUT2D eigenvalue weighted by Crippen LogP contribution is 2.45. The molecule has 0 heterocycles. The van der Waals surface area contributed by atoms with Crippen molar-refractivity contribution in [3.05, 3.63) is 402 Å². The molecule has 0 aliphatic rings. The molecular weight excluding hydrogens is 1390 g/mol. The first kappa shape index (κ1) is 63.0. The van der Waals surface area contributed by atoms with Crippen LogP contribution in [0, 0.1) is 0 Å². The SMILES string of the molecule is Brc1ccc(-c2ccc(N(c3ccccc3)c3ccccc3)c3ccccc23)c2ccccc12.Brc1ccc(-c2ccc3cc(N(c4ccccc4)c4ccccc4)ccc3c2)cc1.Brc1ccc2cc(-c3ccc4cc(N(c5ccccc5)c5ccccc5)ccc4c3)ccc2c1. The number of hydrogen-bond acceptors (Lipinski definition) is 3. The Balaban J connectivity index is 0.000000120. The Morgan fingerprint density at radius 3 is 0.898 bits per heavy atom. The first-order valence-electron chi connectivity index (χ1n) is 32.8. The Kier molecular flexibility index (Phi) is 18.7. The zero-order valence-electron chi connectivity index (χ0n) is 53.4. The third-order valence-electron chi connectivity index (χ3n) is 17.9. The number of anilines is 9. The van der Waals surface area contributed by atoms with Gasteiger partial charge in [-0.25, -0.2) is 0 Å². The molecule has 17 aromatic rings. The molecule has 6 heteroatoms. The molecule has 17 rings (SSSR count). The lowest BCUT2D eigenvalue weighted by molar-refractivity contribution is 1.29. The third kappa shape index (κ3) is 13.7. The molecule has 0 unspecified atom stereocenters. The summed E-state index contributed by atoms with van der Waals surface area (Å²) in [6.45, 7) is 0. The fourth-order valence-electron chi connectivity index (χ4n) is 13.1.